The lowest BCUT2D eigenvalue weighted by Crippen LogP contribution is -2.29. The predicted molar refractivity (Wildman–Crippen MR) is 135 cm³/mol. The number of hydrogen-bond donors (Lipinski definition) is 1. The zero-order valence-corrected chi connectivity index (χ0v) is 20.5. The van der Waals surface area contributed by atoms with Gasteiger partial charge in [0.25, 0.3) is 11.7 Å². The van der Waals surface area contributed by atoms with Crippen LogP contribution in [0.5, 0.6) is 11.5 Å². The Morgan fingerprint density at radius 2 is 1.83 bits per heavy atom. The summed E-state index contributed by atoms with van der Waals surface area (Å²) in [6.45, 7) is 4.32. The first-order valence-corrected chi connectivity index (χ1v) is 11.6. The maximum absolute atomic E-state index is 13.4. The molecule has 0 aliphatic carbocycles. The smallest absolute Gasteiger partial charge is 0.295 e. The molecule has 0 radical (unpaired) electrons. The maximum Gasteiger partial charge on any atom is 0.295 e. The Kier molecular flexibility index (Phi) is 7.12. The van der Waals surface area contributed by atoms with Crippen molar-refractivity contribution in [1.29, 1.82) is 0 Å². The first-order valence-electron chi connectivity index (χ1n) is 11.2. The average molecular weight is 492 g/mol. The van der Waals surface area contributed by atoms with Crippen molar-refractivity contribution >= 4 is 29.1 Å². The molecular formula is C28H26ClNO5. The summed E-state index contributed by atoms with van der Waals surface area (Å²) in [5, 5.41) is 11.6. The van der Waals surface area contributed by atoms with Gasteiger partial charge in [-0.3, -0.25) is 9.59 Å². The molecule has 3 aromatic rings. The van der Waals surface area contributed by atoms with Gasteiger partial charge in [-0.1, -0.05) is 59.6 Å². The van der Waals surface area contributed by atoms with Gasteiger partial charge in [-0.25, -0.2) is 0 Å². The van der Waals surface area contributed by atoms with Crippen LogP contribution >= 0.6 is 11.6 Å². The topological polar surface area (TPSA) is 76.1 Å². The molecule has 1 heterocycles. The lowest BCUT2D eigenvalue weighted by molar-refractivity contribution is -0.140. The summed E-state index contributed by atoms with van der Waals surface area (Å²) in [6, 6.07) is 18.9. The second-order valence-electron chi connectivity index (χ2n) is 8.23. The van der Waals surface area contributed by atoms with Gasteiger partial charge in [0.15, 0.2) is 0 Å². The van der Waals surface area contributed by atoms with Crippen molar-refractivity contribution in [2.24, 2.45) is 0 Å². The van der Waals surface area contributed by atoms with Crippen molar-refractivity contribution in [2.45, 2.75) is 26.4 Å². The van der Waals surface area contributed by atoms with Gasteiger partial charge in [0.05, 0.1) is 36.9 Å². The van der Waals surface area contributed by atoms with Crippen LogP contribution in [0.25, 0.3) is 5.76 Å². The molecule has 1 aliphatic heterocycles. The molecule has 1 N–H and O–H groups in total. The lowest BCUT2D eigenvalue weighted by atomic mass is 9.94. The summed E-state index contributed by atoms with van der Waals surface area (Å²) in [5.41, 5.74) is 2.61. The number of aryl methyl sites for hydroxylation is 1. The number of rotatable bonds is 7. The first-order chi connectivity index (χ1) is 16.8. The number of amides is 1. The van der Waals surface area contributed by atoms with Crippen molar-refractivity contribution in [3.05, 3.63) is 99.6 Å². The monoisotopic (exact) mass is 491 g/mol. The average Bonchev–Trinajstić information content (AvgIpc) is 3.10. The van der Waals surface area contributed by atoms with E-state index in [2.05, 4.69) is 0 Å². The standard InChI is InChI=1S/C28H26ClNO5/c1-4-35-20-12-13-22(29)21(15-20)26(31)24-25(18-10-7-8-17(2)14-18)30(28(33)27(24)32)16-19-9-5-6-11-23(19)34-3/h5-15,25,31H,4,16H2,1-3H3/b26-24+. The van der Waals surface area contributed by atoms with Crippen molar-refractivity contribution in [1.82, 2.24) is 4.90 Å². The second-order valence-corrected chi connectivity index (χ2v) is 8.63. The fourth-order valence-electron chi connectivity index (χ4n) is 4.33. The van der Waals surface area contributed by atoms with Crippen LogP contribution in [-0.4, -0.2) is 35.4 Å². The number of para-hydroxylation sites is 1. The third kappa shape index (κ3) is 4.75. The number of carbonyl (C=O) groups is 2. The van der Waals surface area contributed by atoms with E-state index in [1.165, 1.54) is 4.90 Å². The number of Topliss-reactive ketones (excluding diaryl/α,β-unsaturated/α-hetero) is 1. The number of likely N-dealkylation sites (tertiary alicyclic amines) is 1. The van der Waals surface area contributed by atoms with Crippen LogP contribution in [-0.2, 0) is 16.1 Å². The third-order valence-corrected chi connectivity index (χ3v) is 6.26. The highest BCUT2D eigenvalue weighted by Gasteiger charge is 2.46. The first kappa shape index (κ1) is 24.4. The number of methoxy groups -OCH3 is 1. The van der Waals surface area contributed by atoms with E-state index in [-0.39, 0.29) is 28.5 Å². The number of ketones is 1. The van der Waals surface area contributed by atoms with Crippen molar-refractivity contribution < 1.29 is 24.2 Å². The van der Waals surface area contributed by atoms with Crippen LogP contribution in [0.4, 0.5) is 0 Å². The van der Waals surface area contributed by atoms with Crippen LogP contribution in [0.15, 0.2) is 72.3 Å². The summed E-state index contributed by atoms with van der Waals surface area (Å²) in [4.78, 5) is 28.1. The molecule has 0 aromatic heterocycles. The molecule has 0 saturated carbocycles. The van der Waals surface area contributed by atoms with E-state index in [1.54, 1.807) is 31.4 Å². The highest BCUT2D eigenvalue weighted by Crippen LogP contribution is 2.42. The molecule has 180 valence electrons. The molecule has 0 spiro atoms. The predicted octanol–water partition coefficient (Wildman–Crippen LogP) is 5.68. The summed E-state index contributed by atoms with van der Waals surface area (Å²) < 4.78 is 11.0. The van der Waals surface area contributed by atoms with Crippen molar-refractivity contribution in [3.8, 4) is 11.5 Å². The van der Waals surface area contributed by atoms with Crippen LogP contribution in [0.1, 0.15) is 35.2 Å². The molecule has 4 rings (SSSR count). The molecule has 3 aromatic carbocycles. The number of benzene rings is 3. The Balaban J connectivity index is 1.90. The minimum atomic E-state index is -0.813. The summed E-state index contributed by atoms with van der Waals surface area (Å²) in [7, 11) is 1.55. The Morgan fingerprint density at radius 3 is 2.54 bits per heavy atom. The normalized spacial score (nSPS) is 17.0. The second kappa shape index (κ2) is 10.2. The molecule has 6 nitrogen and oxygen atoms in total. The number of ether oxygens (including phenoxy) is 2. The highest BCUT2D eigenvalue weighted by atomic mass is 35.5. The summed E-state index contributed by atoms with van der Waals surface area (Å²) >= 11 is 6.40. The van der Waals surface area contributed by atoms with Gasteiger partial charge in [-0.05, 0) is 43.7 Å². The molecule has 1 amide bonds. The van der Waals surface area contributed by atoms with Crippen molar-refractivity contribution in [3.63, 3.8) is 0 Å². The highest BCUT2D eigenvalue weighted by molar-refractivity contribution is 6.47. The Hall–Kier alpha value is -3.77. The van der Waals surface area contributed by atoms with Gasteiger partial charge in [0, 0.05) is 11.1 Å². The third-order valence-electron chi connectivity index (χ3n) is 5.93. The Labute approximate surface area is 209 Å². The van der Waals surface area contributed by atoms with Gasteiger partial charge in [0.1, 0.15) is 17.3 Å². The van der Waals surface area contributed by atoms with E-state index in [0.29, 0.717) is 23.7 Å². The zero-order chi connectivity index (χ0) is 25.1. The number of carbonyl (C=O) groups excluding carboxylic acids is 2. The van der Waals surface area contributed by atoms with E-state index >= 15 is 0 Å². The minimum Gasteiger partial charge on any atom is -0.507 e. The molecule has 1 unspecified atom stereocenters. The number of nitrogens with zero attached hydrogens (tertiary/aromatic N) is 1. The van der Waals surface area contributed by atoms with E-state index in [0.717, 1.165) is 11.1 Å². The quantitative estimate of drug-likeness (QED) is 0.261. The van der Waals surface area contributed by atoms with Crippen LogP contribution < -0.4 is 9.47 Å². The lowest BCUT2D eigenvalue weighted by Gasteiger charge is -2.26. The minimum absolute atomic E-state index is 0.0222. The van der Waals surface area contributed by atoms with Gasteiger partial charge >= 0.3 is 0 Å². The maximum atomic E-state index is 13.4. The molecule has 1 atom stereocenters. The van der Waals surface area contributed by atoms with Gasteiger partial charge in [0.2, 0.25) is 0 Å². The summed E-state index contributed by atoms with van der Waals surface area (Å²) in [5.74, 6) is -0.731. The van der Waals surface area contributed by atoms with Gasteiger partial charge < -0.3 is 19.5 Å². The van der Waals surface area contributed by atoms with Crippen LogP contribution in [0.3, 0.4) is 0 Å². The molecule has 35 heavy (non-hydrogen) atoms. The fourth-order valence-corrected chi connectivity index (χ4v) is 4.54. The fraction of sp³-hybridized carbons (Fsp3) is 0.214. The van der Waals surface area contributed by atoms with E-state index in [9.17, 15) is 14.7 Å². The number of hydrogen-bond acceptors (Lipinski definition) is 5. The molecular weight excluding hydrogens is 466 g/mol. The number of halogens is 1. The SMILES string of the molecule is CCOc1ccc(Cl)c(/C(O)=C2\C(=O)C(=O)N(Cc3ccccc3OC)C2c2cccc(C)c2)c1. The Morgan fingerprint density at radius 1 is 1.06 bits per heavy atom. The van der Waals surface area contributed by atoms with E-state index in [4.69, 9.17) is 21.1 Å². The number of aliphatic hydroxyl groups is 1. The van der Waals surface area contributed by atoms with E-state index < -0.39 is 17.7 Å². The van der Waals surface area contributed by atoms with Crippen molar-refractivity contribution in [2.75, 3.05) is 13.7 Å². The molecule has 7 heteroatoms. The molecule has 1 fully saturated rings. The summed E-state index contributed by atoms with van der Waals surface area (Å²) in [6.07, 6.45) is 0. The zero-order valence-electron chi connectivity index (χ0n) is 19.7. The largest absolute Gasteiger partial charge is 0.507 e. The van der Waals surface area contributed by atoms with Crippen LogP contribution in [0, 0.1) is 6.92 Å². The number of aliphatic hydroxyl groups excluding tert-OH is 1. The molecule has 1 saturated heterocycles. The van der Waals surface area contributed by atoms with Gasteiger partial charge in [-0.15, -0.1) is 0 Å². The Bertz CT molecular complexity index is 1320. The van der Waals surface area contributed by atoms with Crippen LogP contribution in [0.2, 0.25) is 5.02 Å². The van der Waals surface area contributed by atoms with E-state index in [1.807, 2.05) is 56.3 Å². The molecule has 1 aliphatic rings. The van der Waals surface area contributed by atoms with Gasteiger partial charge in [-0.2, -0.15) is 0 Å². The molecule has 0 bridgehead atoms.